The van der Waals surface area contributed by atoms with Crippen molar-refractivity contribution in [2.75, 3.05) is 62.9 Å². The van der Waals surface area contributed by atoms with Gasteiger partial charge in [0.2, 0.25) is 0 Å². The van der Waals surface area contributed by atoms with E-state index in [0.29, 0.717) is 23.6 Å². The zero-order chi connectivity index (χ0) is 28.2. The van der Waals surface area contributed by atoms with Gasteiger partial charge < -0.3 is 30.7 Å². The lowest BCUT2D eigenvalue weighted by Gasteiger charge is -2.29. The minimum Gasteiger partial charge on any atom is -0.495 e. The zero-order valence-electron chi connectivity index (χ0n) is 23.3. The molecule has 1 aromatic heterocycles. The second-order valence-corrected chi connectivity index (χ2v) is 9.80. The molecule has 9 heteroatoms. The van der Waals surface area contributed by atoms with E-state index < -0.39 is 0 Å². The van der Waals surface area contributed by atoms with Gasteiger partial charge in [-0.2, -0.15) is 0 Å². The Balaban J connectivity index is 1.37. The lowest BCUT2D eigenvalue weighted by Crippen LogP contribution is -2.36. The molecule has 2 heterocycles. The molecule has 0 radical (unpaired) electrons. The number of para-hydroxylation sites is 4. The average Bonchev–Trinajstić information content (AvgIpc) is 2.98. The van der Waals surface area contributed by atoms with Crippen molar-refractivity contribution in [3.8, 4) is 5.75 Å². The van der Waals surface area contributed by atoms with E-state index in [1.165, 1.54) is 0 Å². The lowest BCUT2D eigenvalue weighted by atomic mass is 10.2. The summed E-state index contributed by atoms with van der Waals surface area (Å²) in [5.41, 5.74) is 9.19. The molecule has 2 aromatic carbocycles. The SMILES string of the molecule is C=C(Nc1ccccc1OC)N(CCCCCN1CCOCC1)Cc1ccc(C(=O)Nc2ccccc2N)nc1. The van der Waals surface area contributed by atoms with Crippen LogP contribution in [0.4, 0.5) is 17.1 Å². The van der Waals surface area contributed by atoms with Crippen LogP contribution >= 0.6 is 0 Å². The van der Waals surface area contributed by atoms with Crippen LogP contribution in [0, 0.1) is 0 Å². The zero-order valence-corrected chi connectivity index (χ0v) is 23.3. The van der Waals surface area contributed by atoms with E-state index in [2.05, 4.69) is 32.0 Å². The van der Waals surface area contributed by atoms with Crippen LogP contribution in [0.15, 0.2) is 79.3 Å². The van der Waals surface area contributed by atoms with E-state index in [9.17, 15) is 4.79 Å². The Kier molecular flexibility index (Phi) is 10.8. The topological polar surface area (TPSA) is 105 Å². The van der Waals surface area contributed by atoms with Gasteiger partial charge in [0.25, 0.3) is 5.91 Å². The highest BCUT2D eigenvalue weighted by Gasteiger charge is 2.14. The highest BCUT2D eigenvalue weighted by atomic mass is 16.5. The van der Waals surface area contributed by atoms with Crippen LogP contribution in [0.3, 0.4) is 0 Å². The number of unbranched alkanes of at least 4 members (excludes halogenated alkanes) is 2. The monoisotopic (exact) mass is 544 g/mol. The molecule has 0 spiro atoms. The number of ether oxygens (including phenoxy) is 2. The Hall–Kier alpha value is -4.08. The molecule has 1 saturated heterocycles. The maximum atomic E-state index is 12.7. The van der Waals surface area contributed by atoms with Gasteiger partial charge in [0, 0.05) is 32.4 Å². The van der Waals surface area contributed by atoms with Gasteiger partial charge in [-0.25, -0.2) is 0 Å². The second kappa shape index (κ2) is 14.9. The van der Waals surface area contributed by atoms with Gasteiger partial charge in [0.05, 0.1) is 43.2 Å². The predicted octanol–water partition coefficient (Wildman–Crippen LogP) is 4.81. The van der Waals surface area contributed by atoms with E-state index in [1.54, 1.807) is 31.5 Å². The van der Waals surface area contributed by atoms with E-state index in [4.69, 9.17) is 15.2 Å². The summed E-state index contributed by atoms with van der Waals surface area (Å²) in [5.74, 6) is 1.23. The van der Waals surface area contributed by atoms with Crippen LogP contribution < -0.4 is 21.1 Å². The highest BCUT2D eigenvalue weighted by Crippen LogP contribution is 2.26. The molecule has 1 aliphatic heterocycles. The molecule has 0 saturated carbocycles. The number of anilines is 3. The minimum absolute atomic E-state index is 0.302. The van der Waals surface area contributed by atoms with Gasteiger partial charge in [-0.05, 0) is 55.3 Å². The Morgan fingerprint density at radius 3 is 2.50 bits per heavy atom. The first kappa shape index (κ1) is 28.9. The van der Waals surface area contributed by atoms with Crippen LogP contribution in [0.1, 0.15) is 35.3 Å². The van der Waals surface area contributed by atoms with Crippen molar-refractivity contribution < 1.29 is 14.3 Å². The number of nitrogen functional groups attached to an aromatic ring is 1. The highest BCUT2D eigenvalue weighted by molar-refractivity contribution is 6.04. The van der Waals surface area contributed by atoms with Crippen LogP contribution in [0.5, 0.6) is 5.75 Å². The molecule has 0 atom stereocenters. The number of rotatable bonds is 14. The fourth-order valence-corrected chi connectivity index (χ4v) is 4.60. The average molecular weight is 545 g/mol. The number of methoxy groups -OCH3 is 1. The Bertz CT molecular complexity index is 1240. The molecular formula is C31H40N6O3. The van der Waals surface area contributed by atoms with Crippen molar-refractivity contribution >= 4 is 23.0 Å². The van der Waals surface area contributed by atoms with Gasteiger partial charge >= 0.3 is 0 Å². The smallest absolute Gasteiger partial charge is 0.274 e. The first-order chi connectivity index (χ1) is 19.5. The molecule has 4 N–H and O–H groups in total. The number of nitrogens with two attached hydrogens (primary N) is 1. The molecule has 0 unspecified atom stereocenters. The standard InChI is InChI=1S/C31H40N6O3/c1-24(34-28-12-6-7-13-30(28)39-2)37(17-9-3-8-16-36-18-20-40-21-19-36)23-25-14-15-29(33-22-25)31(38)35-27-11-5-4-10-26(27)32/h4-7,10-15,22,34H,1,3,8-9,16-21,23,32H2,2H3,(H,35,38). The number of nitrogens with zero attached hydrogens (tertiary/aromatic N) is 3. The number of morpholine rings is 1. The van der Waals surface area contributed by atoms with Gasteiger partial charge in [0.15, 0.2) is 0 Å². The molecule has 0 bridgehead atoms. The second-order valence-electron chi connectivity index (χ2n) is 9.80. The predicted molar refractivity (Wildman–Crippen MR) is 160 cm³/mol. The summed E-state index contributed by atoms with van der Waals surface area (Å²) in [6.07, 6.45) is 5.04. The molecule has 3 aromatic rings. The Morgan fingerprint density at radius 1 is 1.02 bits per heavy atom. The molecule has 212 valence electrons. The summed E-state index contributed by atoms with van der Waals surface area (Å²) in [6, 6.07) is 18.6. The Morgan fingerprint density at radius 2 is 1.77 bits per heavy atom. The first-order valence-electron chi connectivity index (χ1n) is 13.8. The van der Waals surface area contributed by atoms with Crippen molar-refractivity contribution in [3.63, 3.8) is 0 Å². The number of aromatic nitrogens is 1. The Labute approximate surface area is 237 Å². The molecule has 0 aliphatic carbocycles. The van der Waals surface area contributed by atoms with E-state index in [-0.39, 0.29) is 5.91 Å². The number of hydrogen-bond donors (Lipinski definition) is 3. The van der Waals surface area contributed by atoms with E-state index >= 15 is 0 Å². The first-order valence-corrected chi connectivity index (χ1v) is 13.8. The third kappa shape index (κ3) is 8.46. The summed E-state index contributed by atoms with van der Waals surface area (Å²) in [4.78, 5) is 21.8. The van der Waals surface area contributed by atoms with Crippen molar-refractivity contribution in [2.24, 2.45) is 0 Å². The summed E-state index contributed by atoms with van der Waals surface area (Å²) < 4.78 is 11.0. The van der Waals surface area contributed by atoms with Crippen LogP contribution in [-0.2, 0) is 11.3 Å². The number of amides is 1. The van der Waals surface area contributed by atoms with Crippen molar-refractivity contribution in [3.05, 3.63) is 90.5 Å². The molecule has 4 rings (SSSR count). The number of carbonyl (C=O) groups excluding carboxylic acids is 1. The summed E-state index contributed by atoms with van der Waals surface area (Å²) in [6.45, 7) is 10.6. The molecular weight excluding hydrogens is 504 g/mol. The van der Waals surface area contributed by atoms with Crippen molar-refractivity contribution in [2.45, 2.75) is 25.8 Å². The third-order valence-electron chi connectivity index (χ3n) is 6.91. The summed E-state index contributed by atoms with van der Waals surface area (Å²) >= 11 is 0. The maximum Gasteiger partial charge on any atom is 0.274 e. The fraction of sp³-hybridized carbons (Fsp3) is 0.355. The molecule has 40 heavy (non-hydrogen) atoms. The van der Waals surface area contributed by atoms with E-state index in [0.717, 1.165) is 81.5 Å². The minimum atomic E-state index is -0.302. The normalized spacial score (nSPS) is 13.4. The van der Waals surface area contributed by atoms with Crippen molar-refractivity contribution in [1.29, 1.82) is 0 Å². The van der Waals surface area contributed by atoms with Crippen LogP contribution in [-0.4, -0.2) is 67.2 Å². The summed E-state index contributed by atoms with van der Waals surface area (Å²) in [5, 5.41) is 6.25. The number of pyridine rings is 1. The summed E-state index contributed by atoms with van der Waals surface area (Å²) in [7, 11) is 1.66. The number of nitrogens with one attached hydrogen (secondary N) is 2. The van der Waals surface area contributed by atoms with E-state index in [1.807, 2.05) is 42.5 Å². The van der Waals surface area contributed by atoms with Crippen LogP contribution in [0.2, 0.25) is 0 Å². The maximum absolute atomic E-state index is 12.7. The van der Waals surface area contributed by atoms with Gasteiger partial charge in [-0.15, -0.1) is 0 Å². The third-order valence-corrected chi connectivity index (χ3v) is 6.91. The number of hydrogen-bond acceptors (Lipinski definition) is 8. The number of carbonyl (C=O) groups is 1. The van der Waals surface area contributed by atoms with Gasteiger partial charge in [-0.3, -0.25) is 14.7 Å². The molecule has 9 nitrogen and oxygen atoms in total. The molecule has 1 amide bonds. The lowest BCUT2D eigenvalue weighted by molar-refractivity contribution is 0.0371. The molecule has 1 aliphatic rings. The fourth-order valence-electron chi connectivity index (χ4n) is 4.60. The van der Waals surface area contributed by atoms with Gasteiger partial charge in [-0.1, -0.05) is 43.3 Å². The molecule has 1 fully saturated rings. The largest absolute Gasteiger partial charge is 0.495 e. The number of benzene rings is 2. The van der Waals surface area contributed by atoms with Crippen LogP contribution in [0.25, 0.3) is 0 Å². The van der Waals surface area contributed by atoms with Gasteiger partial charge in [0.1, 0.15) is 11.4 Å². The quantitative estimate of drug-likeness (QED) is 0.196. The van der Waals surface area contributed by atoms with Crippen molar-refractivity contribution in [1.82, 2.24) is 14.8 Å².